The van der Waals surface area contributed by atoms with Crippen LogP contribution in [-0.2, 0) is 9.53 Å². The number of hydrogen-bond acceptors (Lipinski definition) is 5. The van der Waals surface area contributed by atoms with Crippen molar-refractivity contribution >= 4 is 46.1 Å². The number of aliphatic imine (C=N–C) groups is 1. The van der Waals surface area contributed by atoms with Gasteiger partial charge in [0.1, 0.15) is 6.04 Å². The van der Waals surface area contributed by atoms with Crippen LogP contribution in [-0.4, -0.2) is 24.0 Å². The topological polar surface area (TPSA) is 50.7 Å². The number of allylic oxidation sites excluding steroid dienone is 1. The maximum Gasteiger partial charge on any atom is 0.338 e. The van der Waals surface area contributed by atoms with Gasteiger partial charge < -0.3 is 10.1 Å². The average molecular weight is 359 g/mol. The molecule has 0 fully saturated rings. The van der Waals surface area contributed by atoms with Crippen LogP contribution in [0.2, 0.25) is 10.0 Å². The van der Waals surface area contributed by atoms with E-state index in [4.69, 9.17) is 27.9 Å². The Balaban J connectivity index is 2.55. The maximum atomic E-state index is 12.3. The molecule has 118 valence electrons. The Morgan fingerprint density at radius 1 is 1.45 bits per heavy atom. The molecule has 1 aliphatic heterocycles. The van der Waals surface area contributed by atoms with Crippen LogP contribution >= 0.6 is 35.0 Å². The summed E-state index contributed by atoms with van der Waals surface area (Å²) in [6.45, 7) is 3.88. The number of halogens is 2. The van der Waals surface area contributed by atoms with E-state index in [-0.39, 0.29) is 0 Å². The van der Waals surface area contributed by atoms with Crippen molar-refractivity contribution < 1.29 is 9.53 Å². The predicted octanol–water partition coefficient (Wildman–Crippen LogP) is 4.19. The van der Waals surface area contributed by atoms with Gasteiger partial charge in [-0.1, -0.05) is 47.1 Å². The normalized spacial score (nSPS) is 17.9. The molecular weight excluding hydrogens is 343 g/mol. The number of carbonyl (C=O) groups is 1. The fourth-order valence-electron chi connectivity index (χ4n) is 2.18. The highest BCUT2D eigenvalue weighted by atomic mass is 35.5. The Kier molecular flexibility index (Phi) is 5.78. The van der Waals surface area contributed by atoms with E-state index < -0.39 is 12.0 Å². The number of amidine groups is 1. The van der Waals surface area contributed by atoms with E-state index in [0.717, 1.165) is 0 Å². The third-order valence-electron chi connectivity index (χ3n) is 3.18. The molecule has 22 heavy (non-hydrogen) atoms. The van der Waals surface area contributed by atoms with Crippen LogP contribution in [0.5, 0.6) is 0 Å². The molecule has 1 aromatic rings. The summed E-state index contributed by atoms with van der Waals surface area (Å²) in [4.78, 5) is 16.9. The maximum absolute atomic E-state index is 12.3. The van der Waals surface area contributed by atoms with Gasteiger partial charge in [-0.3, -0.25) is 0 Å². The molecule has 0 radical (unpaired) electrons. The molecule has 4 nitrogen and oxygen atoms in total. The van der Waals surface area contributed by atoms with Crippen LogP contribution in [0.1, 0.15) is 25.5 Å². The van der Waals surface area contributed by atoms with Crippen molar-refractivity contribution in [1.82, 2.24) is 5.32 Å². The van der Waals surface area contributed by atoms with Gasteiger partial charge >= 0.3 is 5.97 Å². The summed E-state index contributed by atoms with van der Waals surface area (Å²) < 4.78 is 5.15. The molecule has 0 amide bonds. The lowest BCUT2D eigenvalue weighted by Gasteiger charge is -2.26. The summed E-state index contributed by atoms with van der Waals surface area (Å²) in [6.07, 6.45) is 1.91. The largest absolute Gasteiger partial charge is 0.463 e. The van der Waals surface area contributed by atoms with Crippen molar-refractivity contribution in [1.29, 1.82) is 0 Å². The number of hydrogen-bond donors (Lipinski definition) is 1. The van der Waals surface area contributed by atoms with Crippen molar-refractivity contribution in [3.8, 4) is 0 Å². The lowest BCUT2D eigenvalue weighted by molar-refractivity contribution is -0.138. The van der Waals surface area contributed by atoms with E-state index >= 15 is 0 Å². The van der Waals surface area contributed by atoms with Crippen molar-refractivity contribution in [2.75, 3.05) is 12.9 Å². The first kappa shape index (κ1) is 17.2. The molecule has 0 saturated carbocycles. The number of nitrogens with one attached hydrogen (secondary N) is 1. The number of ether oxygens (including phenoxy) is 1. The fourth-order valence-corrected chi connectivity index (χ4v) is 3.06. The van der Waals surface area contributed by atoms with Gasteiger partial charge in [-0.05, 0) is 26.2 Å². The highest BCUT2D eigenvalue weighted by Crippen LogP contribution is 2.38. The smallest absolute Gasteiger partial charge is 0.338 e. The highest BCUT2D eigenvalue weighted by Gasteiger charge is 2.31. The van der Waals surface area contributed by atoms with E-state index in [1.54, 1.807) is 19.1 Å². The van der Waals surface area contributed by atoms with Gasteiger partial charge in [0.2, 0.25) is 0 Å². The summed E-state index contributed by atoms with van der Waals surface area (Å²) in [5.41, 5.74) is 1.84. The summed E-state index contributed by atoms with van der Waals surface area (Å²) in [5, 5.41) is 4.65. The molecule has 1 aliphatic rings. The zero-order valence-electron chi connectivity index (χ0n) is 12.4. The van der Waals surface area contributed by atoms with Crippen LogP contribution < -0.4 is 5.32 Å². The molecule has 0 saturated heterocycles. The van der Waals surface area contributed by atoms with Gasteiger partial charge in [-0.15, -0.1) is 0 Å². The quantitative estimate of drug-likeness (QED) is 0.822. The molecular formula is C15H16Cl2N2O2S. The second kappa shape index (κ2) is 7.40. The van der Waals surface area contributed by atoms with Crippen LogP contribution in [0.25, 0.3) is 0 Å². The summed E-state index contributed by atoms with van der Waals surface area (Å²) in [5.74, 6) is -0.405. The minimum absolute atomic E-state index is 0.296. The number of esters is 1. The lowest BCUT2D eigenvalue weighted by atomic mass is 9.96. The summed E-state index contributed by atoms with van der Waals surface area (Å²) in [6, 6.07) is 4.78. The van der Waals surface area contributed by atoms with Crippen LogP contribution in [0.15, 0.2) is 34.5 Å². The standard InChI is InChI=1S/C15H16Cl2N2O2S/c1-4-21-14(20)11-8(2)18-15(22-3)19-13(11)9-6-5-7-10(16)12(9)17/h5-7,13H,4H2,1-3H3,(H,18,19)/t13-/m0/s1. The number of benzene rings is 1. The number of nitrogens with zero attached hydrogens (tertiary/aromatic N) is 1. The number of rotatable bonds is 3. The first-order valence-corrected chi connectivity index (χ1v) is 8.68. The summed E-state index contributed by atoms with van der Waals surface area (Å²) >= 11 is 13.9. The summed E-state index contributed by atoms with van der Waals surface area (Å²) in [7, 11) is 0. The second-order valence-corrected chi connectivity index (χ2v) is 6.15. The predicted molar refractivity (Wildman–Crippen MR) is 92.6 cm³/mol. The second-order valence-electron chi connectivity index (χ2n) is 4.57. The Morgan fingerprint density at radius 2 is 2.18 bits per heavy atom. The molecule has 1 atom stereocenters. The fraction of sp³-hybridized carbons (Fsp3) is 0.333. The zero-order valence-corrected chi connectivity index (χ0v) is 14.8. The first-order chi connectivity index (χ1) is 10.5. The van der Waals surface area contributed by atoms with Gasteiger partial charge in [0.05, 0.1) is 22.2 Å². The molecule has 0 bridgehead atoms. The molecule has 7 heteroatoms. The van der Waals surface area contributed by atoms with Gasteiger partial charge in [0, 0.05) is 11.3 Å². The van der Waals surface area contributed by atoms with E-state index in [9.17, 15) is 4.79 Å². The Morgan fingerprint density at radius 3 is 2.82 bits per heavy atom. The monoisotopic (exact) mass is 358 g/mol. The first-order valence-electron chi connectivity index (χ1n) is 6.70. The van der Waals surface area contributed by atoms with Gasteiger partial charge in [-0.2, -0.15) is 0 Å². The van der Waals surface area contributed by atoms with Crippen molar-refractivity contribution in [2.45, 2.75) is 19.9 Å². The Hall–Kier alpha value is -1.17. The zero-order chi connectivity index (χ0) is 16.3. The van der Waals surface area contributed by atoms with Gasteiger partial charge in [-0.25, -0.2) is 9.79 Å². The van der Waals surface area contributed by atoms with E-state index in [1.807, 2.05) is 19.2 Å². The minimum atomic E-state index is -0.533. The molecule has 1 N–H and O–H groups in total. The van der Waals surface area contributed by atoms with Gasteiger partial charge in [0.25, 0.3) is 0 Å². The Labute approximate surface area is 143 Å². The number of carbonyl (C=O) groups excluding carboxylic acids is 1. The van der Waals surface area contributed by atoms with Crippen molar-refractivity contribution in [2.24, 2.45) is 4.99 Å². The van der Waals surface area contributed by atoms with E-state index in [0.29, 0.717) is 38.7 Å². The molecule has 1 heterocycles. The minimum Gasteiger partial charge on any atom is -0.463 e. The molecule has 0 aromatic heterocycles. The van der Waals surface area contributed by atoms with Crippen LogP contribution in [0, 0.1) is 0 Å². The van der Waals surface area contributed by atoms with E-state index in [1.165, 1.54) is 11.8 Å². The molecule has 1 aromatic carbocycles. The van der Waals surface area contributed by atoms with E-state index in [2.05, 4.69) is 10.3 Å². The number of thioether (sulfide) groups is 1. The molecule has 0 spiro atoms. The Bertz CT molecular complexity index is 659. The van der Waals surface area contributed by atoms with Crippen molar-refractivity contribution in [3.05, 3.63) is 45.1 Å². The molecule has 2 rings (SSSR count). The van der Waals surface area contributed by atoms with Gasteiger partial charge in [0.15, 0.2) is 5.17 Å². The lowest BCUT2D eigenvalue weighted by Crippen LogP contribution is -2.30. The molecule has 0 unspecified atom stereocenters. The van der Waals surface area contributed by atoms with Crippen molar-refractivity contribution in [3.63, 3.8) is 0 Å². The molecule has 0 aliphatic carbocycles. The average Bonchev–Trinajstić information content (AvgIpc) is 2.49. The SMILES string of the molecule is CCOC(=O)C1=C(C)NC(SC)=N[C@H]1c1cccc(Cl)c1Cl. The third-order valence-corrected chi connectivity index (χ3v) is 4.61. The van der Waals surface area contributed by atoms with Crippen LogP contribution in [0.4, 0.5) is 0 Å². The third kappa shape index (κ3) is 3.42. The van der Waals surface area contributed by atoms with Crippen LogP contribution in [0.3, 0.4) is 0 Å². The highest BCUT2D eigenvalue weighted by molar-refractivity contribution is 8.13.